The van der Waals surface area contributed by atoms with Gasteiger partial charge in [0.05, 0.1) is 0 Å². The number of fused-ring (bicyclic) bond motifs is 1. The monoisotopic (exact) mass is 290 g/mol. The molecule has 1 aromatic rings. The van der Waals surface area contributed by atoms with Crippen molar-refractivity contribution < 1.29 is 4.39 Å². The second-order valence-corrected chi connectivity index (χ2v) is 6.86. The minimum atomic E-state index is -0.127. The Morgan fingerprint density at radius 3 is 3.00 bits per heavy atom. The number of nitrogens with two attached hydrogens (primary N) is 1. The number of hydrogen-bond acceptors (Lipinski definition) is 2. The van der Waals surface area contributed by atoms with Gasteiger partial charge in [-0.3, -0.25) is 0 Å². The molecule has 2 N–H and O–H groups in total. The van der Waals surface area contributed by atoms with Gasteiger partial charge in [-0.15, -0.1) is 0 Å². The number of benzene rings is 1. The van der Waals surface area contributed by atoms with Gasteiger partial charge >= 0.3 is 0 Å². The molecule has 0 radical (unpaired) electrons. The normalized spacial score (nSPS) is 28.7. The van der Waals surface area contributed by atoms with E-state index in [2.05, 4.69) is 11.8 Å². The minimum absolute atomic E-state index is 0.127. The summed E-state index contributed by atoms with van der Waals surface area (Å²) in [6, 6.07) is 5.52. The maximum absolute atomic E-state index is 13.5. The van der Waals surface area contributed by atoms with E-state index in [0.29, 0.717) is 12.0 Å². The van der Waals surface area contributed by atoms with Gasteiger partial charge in [0.25, 0.3) is 0 Å². The summed E-state index contributed by atoms with van der Waals surface area (Å²) in [6.45, 7) is 4.28. The van der Waals surface area contributed by atoms with Crippen LogP contribution in [0.2, 0.25) is 0 Å². The van der Waals surface area contributed by atoms with E-state index in [-0.39, 0.29) is 5.82 Å². The predicted octanol–water partition coefficient (Wildman–Crippen LogP) is 3.73. The van der Waals surface area contributed by atoms with Crippen LogP contribution in [0.25, 0.3) is 0 Å². The average molecular weight is 290 g/mol. The molecule has 1 saturated carbocycles. The third-order valence-corrected chi connectivity index (χ3v) is 5.34. The molecule has 0 spiro atoms. The van der Waals surface area contributed by atoms with Gasteiger partial charge in [-0.2, -0.15) is 0 Å². The maximum atomic E-state index is 13.5. The molecule has 0 saturated heterocycles. The lowest BCUT2D eigenvalue weighted by Gasteiger charge is -2.37. The van der Waals surface area contributed by atoms with Crippen LogP contribution in [0.1, 0.15) is 44.6 Å². The molecule has 3 rings (SSSR count). The third kappa shape index (κ3) is 3.23. The fourth-order valence-corrected chi connectivity index (χ4v) is 4.16. The minimum Gasteiger partial charge on any atom is -0.371 e. The molecule has 3 heteroatoms. The summed E-state index contributed by atoms with van der Waals surface area (Å²) < 4.78 is 13.5. The summed E-state index contributed by atoms with van der Waals surface area (Å²) >= 11 is 0. The van der Waals surface area contributed by atoms with Gasteiger partial charge in [-0.05, 0) is 55.2 Å². The fraction of sp³-hybridized carbons (Fsp3) is 0.667. The van der Waals surface area contributed by atoms with Gasteiger partial charge < -0.3 is 10.6 Å². The van der Waals surface area contributed by atoms with Crippen LogP contribution in [0.3, 0.4) is 0 Å². The molecular formula is C18H27FN2. The standard InChI is InChI=1S/C18H27FN2/c1-2-3-13-4-7-17(20)15(10-13)12-21-9-8-14-5-6-16(19)11-18(14)21/h5-6,11,13,15,17H,2-4,7-10,12,20H2,1H3. The molecule has 0 amide bonds. The van der Waals surface area contributed by atoms with Crippen LogP contribution in [0, 0.1) is 17.7 Å². The smallest absolute Gasteiger partial charge is 0.125 e. The zero-order valence-electron chi connectivity index (χ0n) is 13.0. The second-order valence-electron chi connectivity index (χ2n) is 6.86. The van der Waals surface area contributed by atoms with Crippen molar-refractivity contribution in [1.29, 1.82) is 0 Å². The largest absolute Gasteiger partial charge is 0.371 e. The molecule has 1 aliphatic heterocycles. The van der Waals surface area contributed by atoms with Crippen LogP contribution in [0.4, 0.5) is 10.1 Å². The van der Waals surface area contributed by atoms with E-state index < -0.39 is 0 Å². The van der Waals surface area contributed by atoms with E-state index in [4.69, 9.17) is 5.73 Å². The van der Waals surface area contributed by atoms with E-state index in [9.17, 15) is 4.39 Å². The summed E-state index contributed by atoms with van der Waals surface area (Å²) in [6.07, 6.45) is 7.32. The van der Waals surface area contributed by atoms with E-state index in [1.54, 1.807) is 12.1 Å². The highest BCUT2D eigenvalue weighted by Gasteiger charge is 2.31. The lowest BCUT2D eigenvalue weighted by molar-refractivity contribution is 0.225. The molecule has 1 aromatic carbocycles. The highest BCUT2D eigenvalue weighted by atomic mass is 19.1. The first-order chi connectivity index (χ1) is 10.2. The number of rotatable bonds is 4. The molecule has 0 bridgehead atoms. The van der Waals surface area contributed by atoms with E-state index in [1.165, 1.54) is 31.2 Å². The van der Waals surface area contributed by atoms with Crippen LogP contribution >= 0.6 is 0 Å². The first kappa shape index (κ1) is 14.8. The molecule has 2 aliphatic rings. The summed E-state index contributed by atoms with van der Waals surface area (Å²) in [4.78, 5) is 2.36. The first-order valence-electron chi connectivity index (χ1n) is 8.46. The molecule has 3 atom stereocenters. The lowest BCUT2D eigenvalue weighted by Crippen LogP contribution is -2.43. The molecule has 1 fully saturated rings. The Hall–Kier alpha value is -1.09. The van der Waals surface area contributed by atoms with Crippen molar-refractivity contribution in [2.45, 2.75) is 51.5 Å². The SMILES string of the molecule is CCCC1CCC(N)C(CN2CCc3ccc(F)cc32)C1. The molecule has 3 unspecified atom stereocenters. The summed E-state index contributed by atoms with van der Waals surface area (Å²) in [5.74, 6) is 1.27. The molecular weight excluding hydrogens is 263 g/mol. The van der Waals surface area contributed by atoms with Crippen molar-refractivity contribution in [3.05, 3.63) is 29.6 Å². The van der Waals surface area contributed by atoms with Crippen LogP contribution in [0.15, 0.2) is 18.2 Å². The number of nitrogens with zero attached hydrogens (tertiary/aromatic N) is 1. The Labute approximate surface area is 127 Å². The molecule has 1 heterocycles. The van der Waals surface area contributed by atoms with Gasteiger partial charge in [-0.25, -0.2) is 4.39 Å². The topological polar surface area (TPSA) is 29.3 Å². The van der Waals surface area contributed by atoms with Crippen LogP contribution in [0.5, 0.6) is 0 Å². The average Bonchev–Trinajstić information content (AvgIpc) is 2.85. The maximum Gasteiger partial charge on any atom is 0.125 e. The Morgan fingerprint density at radius 2 is 2.19 bits per heavy atom. The van der Waals surface area contributed by atoms with Gasteiger partial charge in [0, 0.05) is 24.8 Å². The van der Waals surface area contributed by atoms with Crippen LogP contribution in [-0.2, 0) is 6.42 Å². The molecule has 1 aliphatic carbocycles. The Kier molecular flexibility index (Phi) is 4.48. The highest BCUT2D eigenvalue weighted by Crippen LogP contribution is 2.35. The van der Waals surface area contributed by atoms with E-state index in [1.807, 2.05) is 6.07 Å². The van der Waals surface area contributed by atoms with E-state index in [0.717, 1.165) is 37.5 Å². The predicted molar refractivity (Wildman–Crippen MR) is 86.0 cm³/mol. The fourth-order valence-electron chi connectivity index (χ4n) is 4.16. The van der Waals surface area contributed by atoms with E-state index >= 15 is 0 Å². The highest BCUT2D eigenvalue weighted by molar-refractivity contribution is 5.58. The van der Waals surface area contributed by atoms with Crippen molar-refractivity contribution in [2.24, 2.45) is 17.6 Å². The van der Waals surface area contributed by atoms with Gasteiger partial charge in [-0.1, -0.05) is 25.8 Å². The zero-order chi connectivity index (χ0) is 14.8. The Balaban J connectivity index is 1.68. The van der Waals surface area contributed by atoms with Crippen molar-refractivity contribution >= 4 is 5.69 Å². The Morgan fingerprint density at radius 1 is 1.33 bits per heavy atom. The molecule has 116 valence electrons. The van der Waals surface area contributed by atoms with Gasteiger partial charge in [0.2, 0.25) is 0 Å². The summed E-state index contributed by atoms with van der Waals surface area (Å²) in [5, 5.41) is 0. The third-order valence-electron chi connectivity index (χ3n) is 5.34. The lowest BCUT2D eigenvalue weighted by atomic mass is 9.76. The number of halogens is 1. The van der Waals surface area contributed by atoms with Crippen molar-refractivity contribution in [3.63, 3.8) is 0 Å². The zero-order valence-corrected chi connectivity index (χ0v) is 13.0. The molecule has 2 nitrogen and oxygen atoms in total. The van der Waals surface area contributed by atoms with Crippen LogP contribution < -0.4 is 10.6 Å². The van der Waals surface area contributed by atoms with Crippen molar-refractivity contribution in [1.82, 2.24) is 0 Å². The second kappa shape index (κ2) is 6.35. The van der Waals surface area contributed by atoms with Crippen LogP contribution in [-0.4, -0.2) is 19.1 Å². The van der Waals surface area contributed by atoms with Crippen molar-refractivity contribution in [2.75, 3.05) is 18.0 Å². The first-order valence-corrected chi connectivity index (χ1v) is 8.46. The number of hydrogen-bond donors (Lipinski definition) is 1. The number of anilines is 1. The summed E-state index contributed by atoms with van der Waals surface area (Å²) in [7, 11) is 0. The molecule has 21 heavy (non-hydrogen) atoms. The van der Waals surface area contributed by atoms with Gasteiger partial charge in [0.15, 0.2) is 0 Å². The quantitative estimate of drug-likeness (QED) is 0.915. The molecule has 0 aromatic heterocycles. The Bertz CT molecular complexity index is 488. The van der Waals surface area contributed by atoms with Crippen molar-refractivity contribution in [3.8, 4) is 0 Å². The van der Waals surface area contributed by atoms with Gasteiger partial charge in [0.1, 0.15) is 5.82 Å². The summed E-state index contributed by atoms with van der Waals surface area (Å²) in [5.41, 5.74) is 8.74.